The standard InChI is InChI=1S/C13H19NO3.ClH/c1-2-17-13(15)11-16-9-8-14-10-12-6-4-3-5-7-12;/h3-7,14H,2,8-11H2,1H3;1H. The number of hydrogen-bond acceptors (Lipinski definition) is 4. The predicted octanol–water partition coefficient (Wildman–Crippen LogP) is 1.78. The quantitative estimate of drug-likeness (QED) is 0.579. The van der Waals surface area contributed by atoms with Crippen LogP contribution < -0.4 is 5.32 Å². The lowest BCUT2D eigenvalue weighted by molar-refractivity contribution is -0.148. The van der Waals surface area contributed by atoms with Crippen molar-refractivity contribution < 1.29 is 14.3 Å². The maximum Gasteiger partial charge on any atom is 0.332 e. The van der Waals surface area contributed by atoms with Gasteiger partial charge in [-0.15, -0.1) is 12.4 Å². The van der Waals surface area contributed by atoms with Gasteiger partial charge in [0.15, 0.2) is 0 Å². The fraction of sp³-hybridized carbons (Fsp3) is 0.462. The Morgan fingerprint density at radius 3 is 2.67 bits per heavy atom. The summed E-state index contributed by atoms with van der Waals surface area (Å²) in [6.45, 7) is 4.23. The molecule has 0 amide bonds. The number of ether oxygens (including phenoxy) is 2. The molecular formula is C13H20ClNO3. The van der Waals surface area contributed by atoms with Crippen LogP contribution in [0.1, 0.15) is 12.5 Å². The second-order valence-corrected chi connectivity index (χ2v) is 3.52. The number of hydrogen-bond donors (Lipinski definition) is 1. The van der Waals surface area contributed by atoms with Crippen LogP contribution in [0.2, 0.25) is 0 Å². The lowest BCUT2D eigenvalue weighted by Crippen LogP contribution is -2.21. The Morgan fingerprint density at radius 2 is 2.00 bits per heavy atom. The molecule has 0 aliphatic carbocycles. The lowest BCUT2D eigenvalue weighted by Gasteiger charge is -2.06. The Kier molecular flexibility index (Phi) is 10.3. The molecule has 0 spiro atoms. The summed E-state index contributed by atoms with van der Waals surface area (Å²) in [6, 6.07) is 10.1. The van der Waals surface area contributed by atoms with E-state index in [0.29, 0.717) is 19.8 Å². The molecule has 0 aromatic heterocycles. The Labute approximate surface area is 114 Å². The number of rotatable bonds is 8. The van der Waals surface area contributed by atoms with Gasteiger partial charge in [-0.2, -0.15) is 0 Å². The van der Waals surface area contributed by atoms with Gasteiger partial charge in [-0.3, -0.25) is 0 Å². The van der Waals surface area contributed by atoms with Gasteiger partial charge < -0.3 is 14.8 Å². The summed E-state index contributed by atoms with van der Waals surface area (Å²) >= 11 is 0. The van der Waals surface area contributed by atoms with Gasteiger partial charge in [0.2, 0.25) is 0 Å². The topological polar surface area (TPSA) is 47.6 Å². The number of carbonyl (C=O) groups is 1. The minimum Gasteiger partial charge on any atom is -0.464 e. The third-order valence-electron chi connectivity index (χ3n) is 2.12. The van der Waals surface area contributed by atoms with Gasteiger partial charge in [0.25, 0.3) is 0 Å². The van der Waals surface area contributed by atoms with Crippen molar-refractivity contribution in [3.05, 3.63) is 35.9 Å². The maximum atomic E-state index is 10.9. The van der Waals surface area contributed by atoms with Crippen LogP contribution in [0.3, 0.4) is 0 Å². The lowest BCUT2D eigenvalue weighted by atomic mass is 10.2. The highest BCUT2D eigenvalue weighted by molar-refractivity contribution is 5.85. The van der Waals surface area contributed by atoms with Gasteiger partial charge >= 0.3 is 5.97 Å². The predicted molar refractivity (Wildman–Crippen MR) is 72.8 cm³/mol. The van der Waals surface area contributed by atoms with Gasteiger partial charge in [-0.1, -0.05) is 30.3 Å². The van der Waals surface area contributed by atoms with Crippen molar-refractivity contribution in [1.82, 2.24) is 5.32 Å². The first-order valence-corrected chi connectivity index (χ1v) is 5.81. The summed E-state index contributed by atoms with van der Waals surface area (Å²) in [4.78, 5) is 10.9. The van der Waals surface area contributed by atoms with E-state index < -0.39 is 0 Å². The molecule has 1 rings (SSSR count). The zero-order chi connectivity index (χ0) is 12.3. The third kappa shape index (κ3) is 8.06. The molecule has 1 aromatic rings. The molecule has 5 heteroatoms. The number of esters is 1. The van der Waals surface area contributed by atoms with Crippen LogP contribution in [-0.4, -0.2) is 32.3 Å². The minimum absolute atomic E-state index is 0. The van der Waals surface area contributed by atoms with E-state index in [2.05, 4.69) is 17.4 Å². The van der Waals surface area contributed by atoms with Crippen molar-refractivity contribution in [3.63, 3.8) is 0 Å². The monoisotopic (exact) mass is 273 g/mol. The van der Waals surface area contributed by atoms with Gasteiger partial charge in [0, 0.05) is 13.1 Å². The van der Waals surface area contributed by atoms with Crippen molar-refractivity contribution >= 4 is 18.4 Å². The second-order valence-electron chi connectivity index (χ2n) is 3.52. The van der Waals surface area contributed by atoms with Crippen LogP contribution in [0, 0.1) is 0 Å². The molecule has 4 nitrogen and oxygen atoms in total. The Bertz CT molecular complexity index is 319. The molecule has 102 valence electrons. The highest BCUT2D eigenvalue weighted by atomic mass is 35.5. The van der Waals surface area contributed by atoms with E-state index in [4.69, 9.17) is 9.47 Å². The van der Waals surface area contributed by atoms with Crippen molar-refractivity contribution in [3.8, 4) is 0 Å². The average Bonchev–Trinajstić information content (AvgIpc) is 2.35. The highest BCUT2D eigenvalue weighted by Gasteiger charge is 2.00. The Hall–Kier alpha value is -1.10. The molecule has 1 N–H and O–H groups in total. The SMILES string of the molecule is CCOC(=O)COCCNCc1ccccc1.Cl. The van der Waals surface area contributed by atoms with Crippen LogP contribution >= 0.6 is 12.4 Å². The Balaban J connectivity index is 0.00000289. The molecule has 1 aromatic carbocycles. The second kappa shape index (κ2) is 11.0. The van der Waals surface area contributed by atoms with Crippen molar-refractivity contribution in [2.24, 2.45) is 0 Å². The van der Waals surface area contributed by atoms with Crippen molar-refractivity contribution in [1.29, 1.82) is 0 Å². The van der Waals surface area contributed by atoms with E-state index in [9.17, 15) is 4.79 Å². The van der Waals surface area contributed by atoms with Gasteiger partial charge in [-0.25, -0.2) is 4.79 Å². The van der Waals surface area contributed by atoms with E-state index in [1.807, 2.05) is 18.2 Å². The van der Waals surface area contributed by atoms with E-state index in [-0.39, 0.29) is 25.0 Å². The van der Waals surface area contributed by atoms with Crippen molar-refractivity contribution in [2.45, 2.75) is 13.5 Å². The number of benzene rings is 1. The fourth-order valence-electron chi connectivity index (χ4n) is 1.33. The van der Waals surface area contributed by atoms with Gasteiger partial charge in [-0.05, 0) is 12.5 Å². The van der Waals surface area contributed by atoms with Crippen LogP contribution in [0.5, 0.6) is 0 Å². The van der Waals surface area contributed by atoms with E-state index in [0.717, 1.165) is 6.54 Å². The molecule has 0 saturated carbocycles. The fourth-order valence-corrected chi connectivity index (χ4v) is 1.33. The first-order chi connectivity index (χ1) is 8.33. The van der Waals surface area contributed by atoms with Crippen LogP contribution in [0.4, 0.5) is 0 Å². The molecule has 0 aliphatic heterocycles. The first kappa shape index (κ1) is 16.9. The molecule has 0 bridgehead atoms. The molecule has 0 atom stereocenters. The first-order valence-electron chi connectivity index (χ1n) is 5.81. The van der Waals surface area contributed by atoms with Gasteiger partial charge in [0.05, 0.1) is 13.2 Å². The molecule has 0 saturated heterocycles. The molecule has 0 aliphatic rings. The molecule has 18 heavy (non-hydrogen) atoms. The molecule has 0 fully saturated rings. The largest absolute Gasteiger partial charge is 0.464 e. The molecule has 0 heterocycles. The smallest absolute Gasteiger partial charge is 0.332 e. The summed E-state index contributed by atoms with van der Waals surface area (Å²) < 4.78 is 9.88. The normalized spacial score (nSPS) is 9.61. The van der Waals surface area contributed by atoms with E-state index in [1.165, 1.54) is 5.56 Å². The van der Waals surface area contributed by atoms with Crippen LogP contribution in [-0.2, 0) is 20.8 Å². The summed E-state index contributed by atoms with van der Waals surface area (Å²) in [5.41, 5.74) is 1.23. The third-order valence-corrected chi connectivity index (χ3v) is 2.12. The highest BCUT2D eigenvalue weighted by Crippen LogP contribution is 1.96. The van der Waals surface area contributed by atoms with Gasteiger partial charge in [0.1, 0.15) is 6.61 Å². The average molecular weight is 274 g/mol. The summed E-state index contributed by atoms with van der Waals surface area (Å²) in [7, 11) is 0. The molecule has 0 radical (unpaired) electrons. The summed E-state index contributed by atoms with van der Waals surface area (Å²) in [5, 5.41) is 3.23. The molecular weight excluding hydrogens is 254 g/mol. The maximum absolute atomic E-state index is 10.9. The van der Waals surface area contributed by atoms with Crippen LogP contribution in [0.25, 0.3) is 0 Å². The summed E-state index contributed by atoms with van der Waals surface area (Å²) in [6.07, 6.45) is 0. The van der Waals surface area contributed by atoms with Crippen LogP contribution in [0.15, 0.2) is 30.3 Å². The van der Waals surface area contributed by atoms with E-state index >= 15 is 0 Å². The minimum atomic E-state index is -0.310. The molecule has 0 unspecified atom stereocenters. The zero-order valence-electron chi connectivity index (χ0n) is 10.6. The van der Waals surface area contributed by atoms with Crippen molar-refractivity contribution in [2.75, 3.05) is 26.4 Å². The summed E-state index contributed by atoms with van der Waals surface area (Å²) in [5.74, 6) is -0.310. The number of halogens is 1. The number of carbonyl (C=O) groups excluding carboxylic acids is 1. The zero-order valence-corrected chi connectivity index (χ0v) is 11.4. The van der Waals surface area contributed by atoms with E-state index in [1.54, 1.807) is 6.92 Å². The number of nitrogens with one attached hydrogen (secondary N) is 1. The Morgan fingerprint density at radius 1 is 1.28 bits per heavy atom.